The van der Waals surface area contributed by atoms with E-state index in [1.165, 1.54) is 12.8 Å². The topological polar surface area (TPSA) is 63.6 Å². The Morgan fingerprint density at radius 3 is 1.87 bits per heavy atom. The van der Waals surface area contributed by atoms with Crippen LogP contribution < -0.4 is 0 Å². The number of carbonyl (C=O) groups excluding carboxylic acids is 1. The van der Waals surface area contributed by atoms with Gasteiger partial charge in [-0.05, 0) is 31.1 Å². The van der Waals surface area contributed by atoms with E-state index in [-0.39, 0.29) is 12.4 Å². The zero-order valence-corrected chi connectivity index (χ0v) is 15.4. The fourth-order valence-corrected chi connectivity index (χ4v) is 2.45. The first-order valence-electron chi connectivity index (χ1n) is 9.19. The number of ether oxygens (including phenoxy) is 1. The van der Waals surface area contributed by atoms with Crippen LogP contribution in [0.2, 0.25) is 0 Å². The minimum absolute atomic E-state index is 0.0771. The molecule has 4 nitrogen and oxygen atoms in total. The molecule has 0 amide bonds. The van der Waals surface area contributed by atoms with Crippen molar-refractivity contribution in [2.45, 2.75) is 97.8 Å². The maximum absolute atomic E-state index is 11.6. The second kappa shape index (κ2) is 13.4. The van der Waals surface area contributed by atoms with Gasteiger partial charge >= 0.3 is 11.9 Å². The van der Waals surface area contributed by atoms with Crippen LogP contribution in [0, 0.1) is 5.41 Å². The van der Waals surface area contributed by atoms with Gasteiger partial charge in [-0.15, -0.1) is 0 Å². The molecule has 0 fully saturated rings. The van der Waals surface area contributed by atoms with Gasteiger partial charge in [-0.2, -0.15) is 0 Å². The highest BCUT2D eigenvalue weighted by molar-refractivity contribution is 5.69. The predicted octanol–water partition coefficient (Wildman–Crippen LogP) is 5.34. The number of carboxylic acid groups (broad SMARTS) is 1. The van der Waals surface area contributed by atoms with Gasteiger partial charge in [0.2, 0.25) is 0 Å². The normalized spacial score (nSPS) is 11.4. The minimum atomic E-state index is -0.717. The summed E-state index contributed by atoms with van der Waals surface area (Å²) in [6, 6.07) is 0. The highest BCUT2D eigenvalue weighted by Crippen LogP contribution is 2.21. The van der Waals surface area contributed by atoms with Gasteiger partial charge in [0.1, 0.15) is 0 Å². The average molecular weight is 328 g/mol. The molecule has 0 spiro atoms. The van der Waals surface area contributed by atoms with Gasteiger partial charge in [-0.1, -0.05) is 59.3 Å². The second-order valence-corrected chi connectivity index (χ2v) is 7.61. The largest absolute Gasteiger partial charge is 0.481 e. The summed E-state index contributed by atoms with van der Waals surface area (Å²) in [5.74, 6) is -0.794. The summed E-state index contributed by atoms with van der Waals surface area (Å²) in [7, 11) is 0. The van der Waals surface area contributed by atoms with Crippen LogP contribution in [0.5, 0.6) is 0 Å². The zero-order valence-electron chi connectivity index (χ0n) is 15.4. The van der Waals surface area contributed by atoms with Crippen LogP contribution in [0.4, 0.5) is 0 Å². The van der Waals surface area contributed by atoms with E-state index in [0.29, 0.717) is 18.4 Å². The first kappa shape index (κ1) is 21.9. The summed E-state index contributed by atoms with van der Waals surface area (Å²) in [5, 5.41) is 8.52. The van der Waals surface area contributed by atoms with Crippen molar-refractivity contribution in [3.8, 4) is 0 Å². The third-order valence-corrected chi connectivity index (χ3v) is 3.86. The molecule has 0 aromatic carbocycles. The molecule has 0 aliphatic rings. The molecule has 0 saturated heterocycles. The molecular weight excluding hydrogens is 292 g/mol. The van der Waals surface area contributed by atoms with E-state index in [1.807, 2.05) is 0 Å². The summed E-state index contributed by atoms with van der Waals surface area (Å²) in [5.41, 5.74) is 0.393. The zero-order chi connectivity index (χ0) is 17.6. The van der Waals surface area contributed by atoms with Crippen molar-refractivity contribution >= 4 is 11.9 Å². The molecule has 0 aliphatic carbocycles. The summed E-state index contributed by atoms with van der Waals surface area (Å²) < 4.78 is 5.24. The number of carboxylic acids is 1. The molecule has 0 atom stereocenters. The molecule has 1 N–H and O–H groups in total. The molecule has 0 aromatic rings. The van der Waals surface area contributed by atoms with Crippen LogP contribution in [0.3, 0.4) is 0 Å². The van der Waals surface area contributed by atoms with Gasteiger partial charge in [0.05, 0.1) is 6.61 Å². The number of unbranched alkanes of at least 4 members (excludes halogenated alkanes) is 7. The fraction of sp³-hybridized carbons (Fsp3) is 0.895. The number of aliphatic carboxylic acids is 1. The van der Waals surface area contributed by atoms with E-state index in [1.54, 1.807) is 0 Å². The number of rotatable bonds is 14. The summed E-state index contributed by atoms with van der Waals surface area (Å²) in [6.07, 6.45) is 11.0. The molecule has 0 heterocycles. The molecule has 4 heteroatoms. The van der Waals surface area contributed by atoms with Crippen LogP contribution in [0.15, 0.2) is 0 Å². The molecule has 0 bridgehead atoms. The monoisotopic (exact) mass is 328 g/mol. The van der Waals surface area contributed by atoms with E-state index in [0.717, 1.165) is 51.4 Å². The number of hydrogen-bond donors (Lipinski definition) is 1. The first-order chi connectivity index (χ1) is 10.8. The van der Waals surface area contributed by atoms with Crippen molar-refractivity contribution in [1.29, 1.82) is 0 Å². The standard InChI is InChI=1S/C19H36O4/c1-19(2,3)15-11-8-12-16-23-18(22)14-10-7-5-4-6-9-13-17(20)21/h4-16H2,1-3H3,(H,20,21). The lowest BCUT2D eigenvalue weighted by Gasteiger charge is -2.17. The molecule has 23 heavy (non-hydrogen) atoms. The highest BCUT2D eigenvalue weighted by Gasteiger charge is 2.09. The summed E-state index contributed by atoms with van der Waals surface area (Å²) in [4.78, 5) is 21.9. The average Bonchev–Trinajstić information content (AvgIpc) is 2.44. The summed E-state index contributed by atoms with van der Waals surface area (Å²) >= 11 is 0. The lowest BCUT2D eigenvalue weighted by Crippen LogP contribution is -2.07. The van der Waals surface area contributed by atoms with E-state index < -0.39 is 5.97 Å². The number of hydrogen-bond acceptors (Lipinski definition) is 3. The Morgan fingerprint density at radius 1 is 0.783 bits per heavy atom. The van der Waals surface area contributed by atoms with Gasteiger partial charge in [-0.25, -0.2) is 0 Å². The Morgan fingerprint density at radius 2 is 1.30 bits per heavy atom. The van der Waals surface area contributed by atoms with Crippen LogP contribution in [0.25, 0.3) is 0 Å². The number of carbonyl (C=O) groups is 2. The smallest absolute Gasteiger partial charge is 0.305 e. The molecule has 0 aliphatic heterocycles. The maximum Gasteiger partial charge on any atom is 0.305 e. The predicted molar refractivity (Wildman–Crippen MR) is 93.5 cm³/mol. The molecular formula is C19H36O4. The van der Waals surface area contributed by atoms with E-state index in [2.05, 4.69) is 20.8 Å². The van der Waals surface area contributed by atoms with Gasteiger partial charge in [0.25, 0.3) is 0 Å². The van der Waals surface area contributed by atoms with Crippen LogP contribution >= 0.6 is 0 Å². The van der Waals surface area contributed by atoms with Crippen molar-refractivity contribution in [3.05, 3.63) is 0 Å². The third-order valence-electron chi connectivity index (χ3n) is 3.86. The Balaban J connectivity index is 3.27. The van der Waals surface area contributed by atoms with Crippen LogP contribution in [0.1, 0.15) is 97.8 Å². The Hall–Kier alpha value is -1.06. The van der Waals surface area contributed by atoms with Crippen molar-refractivity contribution in [2.24, 2.45) is 5.41 Å². The van der Waals surface area contributed by atoms with Crippen molar-refractivity contribution in [1.82, 2.24) is 0 Å². The fourth-order valence-electron chi connectivity index (χ4n) is 2.45. The van der Waals surface area contributed by atoms with Crippen molar-refractivity contribution in [3.63, 3.8) is 0 Å². The van der Waals surface area contributed by atoms with E-state index in [9.17, 15) is 9.59 Å². The lowest BCUT2D eigenvalue weighted by atomic mass is 9.89. The molecule has 0 radical (unpaired) electrons. The Labute approximate surface area is 142 Å². The molecule has 136 valence electrons. The van der Waals surface area contributed by atoms with Gasteiger partial charge in [0.15, 0.2) is 0 Å². The van der Waals surface area contributed by atoms with Crippen molar-refractivity contribution in [2.75, 3.05) is 6.61 Å². The van der Waals surface area contributed by atoms with Crippen LogP contribution in [-0.4, -0.2) is 23.7 Å². The Kier molecular flexibility index (Phi) is 12.8. The van der Waals surface area contributed by atoms with E-state index >= 15 is 0 Å². The molecule has 0 rings (SSSR count). The maximum atomic E-state index is 11.6. The minimum Gasteiger partial charge on any atom is -0.481 e. The molecule has 0 unspecified atom stereocenters. The highest BCUT2D eigenvalue weighted by atomic mass is 16.5. The summed E-state index contributed by atoms with van der Waals surface area (Å²) in [6.45, 7) is 7.30. The van der Waals surface area contributed by atoms with Gasteiger partial charge in [0, 0.05) is 12.8 Å². The van der Waals surface area contributed by atoms with Gasteiger partial charge < -0.3 is 9.84 Å². The lowest BCUT2D eigenvalue weighted by molar-refractivity contribution is -0.144. The second-order valence-electron chi connectivity index (χ2n) is 7.61. The quantitative estimate of drug-likeness (QED) is 0.345. The molecule has 0 aromatic heterocycles. The number of esters is 1. The Bertz CT molecular complexity index is 318. The third kappa shape index (κ3) is 18.9. The molecule has 0 saturated carbocycles. The van der Waals surface area contributed by atoms with Crippen molar-refractivity contribution < 1.29 is 19.4 Å². The van der Waals surface area contributed by atoms with Gasteiger partial charge in [-0.3, -0.25) is 9.59 Å². The van der Waals surface area contributed by atoms with Crippen LogP contribution in [-0.2, 0) is 14.3 Å². The SMILES string of the molecule is CC(C)(C)CCCCCOC(=O)CCCCCCCCC(=O)O. The first-order valence-corrected chi connectivity index (χ1v) is 9.19. The van der Waals surface area contributed by atoms with E-state index in [4.69, 9.17) is 9.84 Å².